The highest BCUT2D eigenvalue weighted by Gasteiger charge is 2.23. The molecule has 1 aliphatic carbocycles. The molecule has 2 amide bonds. The van der Waals surface area contributed by atoms with Crippen LogP contribution in [0.1, 0.15) is 33.6 Å². The number of nitrogens with one attached hydrogen (secondary N) is 2. The molecule has 0 radical (unpaired) electrons. The van der Waals surface area contributed by atoms with E-state index in [9.17, 15) is 9.59 Å². The van der Waals surface area contributed by atoms with Gasteiger partial charge in [0.1, 0.15) is 0 Å². The lowest BCUT2D eigenvalue weighted by Gasteiger charge is -2.08. The molecular formula is C17H14ClIN2O2. The predicted octanol–water partition coefficient (Wildman–Crippen LogP) is 4.09. The molecule has 1 saturated carbocycles. The summed E-state index contributed by atoms with van der Waals surface area (Å²) in [5.74, 6) is -0.285. The van der Waals surface area contributed by atoms with Crippen molar-refractivity contribution in [2.45, 2.75) is 18.9 Å². The highest BCUT2D eigenvalue weighted by Crippen LogP contribution is 2.21. The van der Waals surface area contributed by atoms with Crippen LogP contribution in [0.25, 0.3) is 0 Å². The summed E-state index contributed by atoms with van der Waals surface area (Å²) in [6, 6.07) is 12.3. The van der Waals surface area contributed by atoms with E-state index >= 15 is 0 Å². The third kappa shape index (κ3) is 4.23. The lowest BCUT2D eigenvalue weighted by molar-refractivity contribution is 0.0950. The molecule has 3 rings (SSSR count). The van der Waals surface area contributed by atoms with E-state index in [1.807, 2.05) is 0 Å². The maximum atomic E-state index is 12.2. The van der Waals surface area contributed by atoms with Crippen molar-refractivity contribution in [3.63, 3.8) is 0 Å². The average molecular weight is 441 g/mol. The number of carbonyl (C=O) groups excluding carboxylic acids is 2. The van der Waals surface area contributed by atoms with E-state index in [0.29, 0.717) is 27.9 Å². The minimum Gasteiger partial charge on any atom is -0.349 e. The first-order chi connectivity index (χ1) is 11.0. The lowest BCUT2D eigenvalue weighted by Crippen LogP contribution is -2.25. The Kier molecular flexibility index (Phi) is 4.87. The van der Waals surface area contributed by atoms with Crippen molar-refractivity contribution in [3.8, 4) is 0 Å². The molecule has 2 aromatic rings. The van der Waals surface area contributed by atoms with Crippen LogP contribution in [0.3, 0.4) is 0 Å². The van der Waals surface area contributed by atoms with Crippen molar-refractivity contribution in [3.05, 3.63) is 62.2 Å². The van der Waals surface area contributed by atoms with E-state index < -0.39 is 0 Å². The molecule has 0 spiro atoms. The van der Waals surface area contributed by atoms with Gasteiger partial charge in [0.05, 0.1) is 5.02 Å². The molecule has 2 N–H and O–H groups in total. The van der Waals surface area contributed by atoms with Crippen LogP contribution in [0.15, 0.2) is 42.5 Å². The number of hydrogen-bond donors (Lipinski definition) is 2. The topological polar surface area (TPSA) is 58.2 Å². The summed E-state index contributed by atoms with van der Waals surface area (Å²) in [6.45, 7) is 0. The normalized spacial score (nSPS) is 13.5. The largest absolute Gasteiger partial charge is 0.349 e. The second-order valence-corrected chi connectivity index (χ2v) is 6.98. The Balaban J connectivity index is 1.66. The number of carbonyl (C=O) groups is 2. The van der Waals surface area contributed by atoms with Gasteiger partial charge in [-0.15, -0.1) is 0 Å². The fourth-order valence-corrected chi connectivity index (χ4v) is 2.67. The summed E-state index contributed by atoms with van der Waals surface area (Å²) in [6.07, 6.45) is 2.11. The number of hydrogen-bond acceptors (Lipinski definition) is 2. The average Bonchev–Trinajstić information content (AvgIpc) is 3.34. The monoisotopic (exact) mass is 440 g/mol. The Labute approximate surface area is 152 Å². The minimum atomic E-state index is -0.213. The van der Waals surface area contributed by atoms with Crippen molar-refractivity contribution in [2.24, 2.45) is 0 Å². The lowest BCUT2D eigenvalue weighted by atomic mass is 10.1. The summed E-state index contributed by atoms with van der Waals surface area (Å²) in [7, 11) is 0. The highest BCUT2D eigenvalue weighted by atomic mass is 127. The second kappa shape index (κ2) is 6.88. The van der Waals surface area contributed by atoms with Gasteiger partial charge in [0, 0.05) is 26.4 Å². The first kappa shape index (κ1) is 16.3. The van der Waals surface area contributed by atoms with Gasteiger partial charge in [0.15, 0.2) is 0 Å². The van der Waals surface area contributed by atoms with E-state index in [1.165, 1.54) is 0 Å². The standard InChI is InChI=1S/C17H14ClIN2O2/c18-14-8-3-11(9-15(14)19)17(23)21-12-4-1-10(2-5-12)16(22)20-13-6-7-13/h1-5,8-9,13H,6-7H2,(H,20,22)(H,21,23). The number of anilines is 1. The Hall–Kier alpha value is -1.60. The number of rotatable bonds is 4. The quantitative estimate of drug-likeness (QED) is 0.704. The van der Waals surface area contributed by atoms with Crippen molar-refractivity contribution in [1.29, 1.82) is 0 Å². The molecule has 0 aromatic heterocycles. The van der Waals surface area contributed by atoms with Gasteiger partial charge in [-0.3, -0.25) is 9.59 Å². The molecule has 0 unspecified atom stereocenters. The third-order valence-corrected chi connectivity index (χ3v) is 5.04. The van der Waals surface area contributed by atoms with Crippen LogP contribution < -0.4 is 10.6 Å². The molecule has 1 aliphatic rings. The van der Waals surface area contributed by atoms with Crippen molar-refractivity contribution < 1.29 is 9.59 Å². The zero-order chi connectivity index (χ0) is 16.4. The fourth-order valence-electron chi connectivity index (χ4n) is 2.04. The van der Waals surface area contributed by atoms with Gasteiger partial charge in [-0.05, 0) is 77.9 Å². The van der Waals surface area contributed by atoms with Gasteiger partial charge in [0.25, 0.3) is 11.8 Å². The molecular weight excluding hydrogens is 427 g/mol. The van der Waals surface area contributed by atoms with Crippen LogP contribution in [0, 0.1) is 3.57 Å². The first-order valence-corrected chi connectivity index (χ1v) is 8.66. The molecule has 23 heavy (non-hydrogen) atoms. The number of benzene rings is 2. The van der Waals surface area contributed by atoms with Gasteiger partial charge >= 0.3 is 0 Å². The zero-order valence-electron chi connectivity index (χ0n) is 12.1. The van der Waals surface area contributed by atoms with E-state index in [0.717, 1.165) is 16.4 Å². The summed E-state index contributed by atoms with van der Waals surface area (Å²) >= 11 is 8.04. The maximum Gasteiger partial charge on any atom is 0.255 e. The number of amides is 2. The van der Waals surface area contributed by atoms with Crippen molar-refractivity contribution in [1.82, 2.24) is 5.32 Å². The van der Waals surface area contributed by atoms with Gasteiger partial charge in [-0.25, -0.2) is 0 Å². The van der Waals surface area contributed by atoms with Crippen LogP contribution >= 0.6 is 34.2 Å². The maximum absolute atomic E-state index is 12.2. The smallest absolute Gasteiger partial charge is 0.255 e. The van der Waals surface area contributed by atoms with Crippen LogP contribution in [-0.2, 0) is 0 Å². The van der Waals surface area contributed by atoms with Crippen LogP contribution in [0.2, 0.25) is 5.02 Å². The first-order valence-electron chi connectivity index (χ1n) is 7.20. The van der Waals surface area contributed by atoms with Gasteiger partial charge in [-0.1, -0.05) is 11.6 Å². The molecule has 118 valence electrons. The Morgan fingerprint density at radius 1 is 1.00 bits per heavy atom. The zero-order valence-corrected chi connectivity index (χ0v) is 15.0. The minimum absolute atomic E-state index is 0.0716. The number of halogens is 2. The van der Waals surface area contributed by atoms with E-state index in [4.69, 9.17) is 11.6 Å². The van der Waals surface area contributed by atoms with E-state index in [1.54, 1.807) is 42.5 Å². The van der Waals surface area contributed by atoms with Gasteiger partial charge < -0.3 is 10.6 Å². The second-order valence-electron chi connectivity index (χ2n) is 5.41. The fraction of sp³-hybridized carbons (Fsp3) is 0.176. The summed E-state index contributed by atoms with van der Waals surface area (Å²) in [5, 5.41) is 6.35. The van der Waals surface area contributed by atoms with E-state index in [-0.39, 0.29) is 11.8 Å². The summed E-state index contributed by atoms with van der Waals surface area (Å²) in [4.78, 5) is 24.1. The SMILES string of the molecule is O=C(Nc1ccc(C(=O)NC2CC2)cc1)c1ccc(Cl)c(I)c1. The van der Waals surface area contributed by atoms with Crippen LogP contribution in [0.4, 0.5) is 5.69 Å². The van der Waals surface area contributed by atoms with Crippen molar-refractivity contribution in [2.75, 3.05) is 5.32 Å². The molecule has 1 fully saturated rings. The summed E-state index contributed by atoms with van der Waals surface area (Å²) in [5.41, 5.74) is 1.77. The molecule has 2 aromatic carbocycles. The molecule has 0 heterocycles. The Morgan fingerprint density at radius 3 is 2.26 bits per heavy atom. The summed E-state index contributed by atoms with van der Waals surface area (Å²) < 4.78 is 0.823. The third-order valence-electron chi connectivity index (χ3n) is 3.50. The molecule has 0 aliphatic heterocycles. The van der Waals surface area contributed by atoms with Crippen LogP contribution in [0.5, 0.6) is 0 Å². The van der Waals surface area contributed by atoms with Crippen LogP contribution in [-0.4, -0.2) is 17.9 Å². The molecule has 6 heteroatoms. The van der Waals surface area contributed by atoms with Gasteiger partial charge in [0.2, 0.25) is 0 Å². The molecule has 4 nitrogen and oxygen atoms in total. The van der Waals surface area contributed by atoms with Crippen molar-refractivity contribution >= 4 is 51.7 Å². The Morgan fingerprint density at radius 2 is 1.65 bits per heavy atom. The molecule has 0 atom stereocenters. The molecule has 0 saturated heterocycles. The Bertz CT molecular complexity index is 758. The van der Waals surface area contributed by atoms with E-state index in [2.05, 4.69) is 33.2 Å². The predicted molar refractivity (Wildman–Crippen MR) is 99.1 cm³/mol. The van der Waals surface area contributed by atoms with Gasteiger partial charge in [-0.2, -0.15) is 0 Å². The molecule has 0 bridgehead atoms. The highest BCUT2D eigenvalue weighted by molar-refractivity contribution is 14.1.